The third kappa shape index (κ3) is 1.80. The third-order valence-electron chi connectivity index (χ3n) is 3.87. The van der Waals surface area contributed by atoms with Gasteiger partial charge in [0.05, 0.1) is 6.42 Å². The number of hydrogen-bond acceptors (Lipinski definition) is 2. The molecule has 1 saturated heterocycles. The van der Waals surface area contributed by atoms with Gasteiger partial charge in [0.2, 0.25) is 5.91 Å². The first-order valence-electron chi connectivity index (χ1n) is 6.07. The van der Waals surface area contributed by atoms with E-state index in [1.54, 1.807) is 0 Å². The molecule has 0 radical (unpaired) electrons. The van der Waals surface area contributed by atoms with Crippen LogP contribution in [-0.2, 0) is 9.59 Å². The smallest absolute Gasteiger partial charge is 0.230 e. The normalized spacial score (nSPS) is 27.7. The number of likely N-dealkylation sites (tertiary alicyclic amines) is 1. The fraction of sp³-hybridized carbons (Fsp3) is 0.833. The Morgan fingerprint density at radius 1 is 1.07 bits per heavy atom. The second-order valence-corrected chi connectivity index (χ2v) is 5.22. The highest BCUT2D eigenvalue weighted by Gasteiger charge is 2.46. The molecule has 0 unspecified atom stereocenters. The highest BCUT2D eigenvalue weighted by molar-refractivity contribution is 6.00. The molecule has 0 bridgehead atoms. The molecule has 1 amide bonds. The molecule has 0 aromatic rings. The summed E-state index contributed by atoms with van der Waals surface area (Å²) in [7, 11) is 0. The third-order valence-corrected chi connectivity index (χ3v) is 3.87. The van der Waals surface area contributed by atoms with Crippen molar-refractivity contribution >= 4 is 11.7 Å². The summed E-state index contributed by atoms with van der Waals surface area (Å²) in [6.07, 6.45) is 5.91. The number of hydrogen-bond donors (Lipinski definition) is 0. The largest absolute Gasteiger partial charge is 0.338 e. The van der Waals surface area contributed by atoms with Gasteiger partial charge in [0.1, 0.15) is 5.78 Å². The zero-order valence-electron chi connectivity index (χ0n) is 8.95. The number of carbonyl (C=O) groups excluding carboxylic acids is 2. The van der Waals surface area contributed by atoms with Crippen LogP contribution in [0.4, 0.5) is 0 Å². The standard InChI is InChI=1S/C12H17NO2/c14-10-5-6-13(11(15)7-10)12(8-1-2-8)9-3-4-9/h8-9,12H,1-7H2. The van der Waals surface area contributed by atoms with Crippen LogP contribution < -0.4 is 0 Å². The van der Waals surface area contributed by atoms with Gasteiger partial charge in [-0.05, 0) is 37.5 Å². The van der Waals surface area contributed by atoms with E-state index in [9.17, 15) is 9.59 Å². The van der Waals surface area contributed by atoms with E-state index in [0.717, 1.165) is 11.8 Å². The van der Waals surface area contributed by atoms with E-state index in [4.69, 9.17) is 0 Å². The van der Waals surface area contributed by atoms with Gasteiger partial charge in [-0.25, -0.2) is 0 Å². The molecule has 3 heteroatoms. The van der Waals surface area contributed by atoms with Crippen molar-refractivity contribution < 1.29 is 9.59 Å². The summed E-state index contributed by atoms with van der Waals surface area (Å²) in [5.41, 5.74) is 0. The summed E-state index contributed by atoms with van der Waals surface area (Å²) < 4.78 is 0. The SMILES string of the molecule is O=C1CCN(C(C2CC2)C2CC2)C(=O)C1. The Balaban J connectivity index is 1.73. The molecule has 2 aliphatic carbocycles. The quantitative estimate of drug-likeness (QED) is 0.655. The van der Waals surface area contributed by atoms with Crippen LogP contribution in [0, 0.1) is 11.8 Å². The number of ketones is 1. The van der Waals surface area contributed by atoms with Gasteiger partial charge < -0.3 is 4.90 Å². The molecule has 82 valence electrons. The molecular formula is C12H17NO2. The fourth-order valence-corrected chi connectivity index (χ4v) is 2.81. The van der Waals surface area contributed by atoms with Gasteiger partial charge >= 0.3 is 0 Å². The van der Waals surface area contributed by atoms with Gasteiger partial charge in [-0.2, -0.15) is 0 Å². The lowest BCUT2D eigenvalue weighted by atomic mass is 10.00. The average molecular weight is 207 g/mol. The number of amides is 1. The van der Waals surface area contributed by atoms with Crippen molar-refractivity contribution in [1.82, 2.24) is 4.90 Å². The van der Waals surface area contributed by atoms with Crippen molar-refractivity contribution in [3.63, 3.8) is 0 Å². The molecule has 0 aromatic heterocycles. The number of piperidine rings is 1. The van der Waals surface area contributed by atoms with E-state index < -0.39 is 0 Å². The topological polar surface area (TPSA) is 37.4 Å². The van der Waals surface area contributed by atoms with Gasteiger partial charge in [0.25, 0.3) is 0 Å². The van der Waals surface area contributed by atoms with Crippen LogP contribution >= 0.6 is 0 Å². The minimum absolute atomic E-state index is 0.0926. The monoisotopic (exact) mass is 207 g/mol. The Labute approximate surface area is 89.8 Å². The van der Waals surface area contributed by atoms with Gasteiger partial charge in [0.15, 0.2) is 0 Å². The van der Waals surface area contributed by atoms with Crippen LogP contribution in [0.25, 0.3) is 0 Å². The van der Waals surface area contributed by atoms with Gasteiger partial charge in [0, 0.05) is 19.0 Å². The molecule has 1 aliphatic heterocycles. The van der Waals surface area contributed by atoms with Crippen LogP contribution in [0.2, 0.25) is 0 Å². The zero-order chi connectivity index (χ0) is 10.4. The molecule has 0 N–H and O–H groups in total. The molecule has 2 saturated carbocycles. The van der Waals surface area contributed by atoms with E-state index >= 15 is 0 Å². The van der Waals surface area contributed by atoms with Crippen LogP contribution in [0.1, 0.15) is 38.5 Å². The summed E-state index contributed by atoms with van der Waals surface area (Å²) in [4.78, 5) is 25.0. The van der Waals surface area contributed by atoms with Crippen molar-refractivity contribution in [2.45, 2.75) is 44.6 Å². The molecule has 0 atom stereocenters. The molecule has 3 nitrogen and oxygen atoms in total. The Morgan fingerprint density at radius 3 is 2.13 bits per heavy atom. The van der Waals surface area contributed by atoms with E-state index in [1.807, 2.05) is 4.90 Å². The van der Waals surface area contributed by atoms with Crippen molar-refractivity contribution in [3.8, 4) is 0 Å². The summed E-state index contributed by atoms with van der Waals surface area (Å²) in [5, 5.41) is 0. The molecular weight excluding hydrogens is 190 g/mol. The second kappa shape index (κ2) is 3.32. The Morgan fingerprint density at radius 2 is 1.67 bits per heavy atom. The lowest BCUT2D eigenvalue weighted by Crippen LogP contribution is -2.47. The first-order chi connectivity index (χ1) is 7.25. The molecule has 15 heavy (non-hydrogen) atoms. The molecule has 3 rings (SSSR count). The molecule has 1 heterocycles. The minimum Gasteiger partial charge on any atom is -0.338 e. The predicted octanol–water partition coefficient (Wildman–Crippen LogP) is 1.37. The number of Topliss-reactive ketones (excluding diaryl/α,β-unsaturated/α-hetero) is 1. The average Bonchev–Trinajstić information content (AvgIpc) is 3.02. The van der Waals surface area contributed by atoms with Gasteiger partial charge in [-0.15, -0.1) is 0 Å². The maximum Gasteiger partial charge on any atom is 0.230 e. The van der Waals surface area contributed by atoms with Crippen molar-refractivity contribution in [2.24, 2.45) is 11.8 Å². The first kappa shape index (κ1) is 9.37. The number of rotatable bonds is 3. The molecule has 0 aromatic carbocycles. The highest BCUT2D eigenvalue weighted by atomic mass is 16.2. The number of nitrogens with zero attached hydrogens (tertiary/aromatic N) is 1. The first-order valence-corrected chi connectivity index (χ1v) is 6.07. The maximum atomic E-state index is 11.8. The van der Waals surface area contributed by atoms with Crippen LogP contribution in [0.3, 0.4) is 0 Å². The minimum atomic E-state index is 0.0926. The molecule has 3 fully saturated rings. The zero-order valence-corrected chi connectivity index (χ0v) is 8.95. The molecule has 0 spiro atoms. The van der Waals surface area contributed by atoms with Crippen LogP contribution in [0.15, 0.2) is 0 Å². The molecule has 3 aliphatic rings. The van der Waals surface area contributed by atoms with Crippen LogP contribution in [0.5, 0.6) is 0 Å². The maximum absolute atomic E-state index is 11.8. The lowest BCUT2D eigenvalue weighted by Gasteiger charge is -2.34. The lowest BCUT2D eigenvalue weighted by molar-refractivity contribution is -0.142. The predicted molar refractivity (Wildman–Crippen MR) is 55.2 cm³/mol. The Hall–Kier alpha value is -0.860. The van der Waals surface area contributed by atoms with E-state index in [1.165, 1.54) is 25.7 Å². The highest BCUT2D eigenvalue weighted by Crippen LogP contribution is 2.47. The Bertz CT molecular complexity index is 293. The van der Waals surface area contributed by atoms with Crippen molar-refractivity contribution in [1.29, 1.82) is 0 Å². The van der Waals surface area contributed by atoms with Gasteiger partial charge in [-0.3, -0.25) is 9.59 Å². The summed E-state index contributed by atoms with van der Waals surface area (Å²) in [6.45, 7) is 0.690. The van der Waals surface area contributed by atoms with Gasteiger partial charge in [-0.1, -0.05) is 0 Å². The Kier molecular flexibility index (Phi) is 2.08. The van der Waals surface area contributed by atoms with E-state index in [2.05, 4.69) is 0 Å². The summed E-state index contributed by atoms with van der Waals surface area (Å²) >= 11 is 0. The van der Waals surface area contributed by atoms with Crippen LogP contribution in [-0.4, -0.2) is 29.2 Å². The van der Waals surface area contributed by atoms with Crippen molar-refractivity contribution in [3.05, 3.63) is 0 Å². The summed E-state index contributed by atoms with van der Waals surface area (Å²) in [6, 6.07) is 0.491. The fourth-order valence-electron chi connectivity index (χ4n) is 2.81. The van der Waals surface area contributed by atoms with E-state index in [0.29, 0.717) is 19.0 Å². The second-order valence-electron chi connectivity index (χ2n) is 5.22. The number of carbonyl (C=O) groups is 2. The summed E-state index contributed by atoms with van der Waals surface area (Å²) in [5.74, 6) is 1.74. The van der Waals surface area contributed by atoms with E-state index in [-0.39, 0.29) is 18.1 Å². The van der Waals surface area contributed by atoms with Crippen molar-refractivity contribution in [2.75, 3.05) is 6.54 Å².